The lowest BCUT2D eigenvalue weighted by atomic mass is 9.98. The zero-order valence-electron chi connectivity index (χ0n) is 14.4. The van der Waals surface area contributed by atoms with E-state index in [0.717, 1.165) is 0 Å². The van der Waals surface area contributed by atoms with Crippen molar-refractivity contribution in [3.05, 3.63) is 27.1 Å². The molecule has 0 amide bonds. The number of hydrogen-bond donors (Lipinski definition) is 7. The van der Waals surface area contributed by atoms with Crippen LogP contribution in [0.15, 0.2) is 11.0 Å². The van der Waals surface area contributed by atoms with Gasteiger partial charge in [0, 0.05) is 0 Å². The minimum absolute atomic E-state index is 0.286. The molecule has 16 nitrogen and oxygen atoms in total. The number of terminal acetylenes is 1. The molecule has 31 heavy (non-hydrogen) atoms. The van der Waals surface area contributed by atoms with Crippen molar-refractivity contribution in [1.82, 2.24) is 9.55 Å². The largest absolute Gasteiger partial charge is 0.490 e. The first kappa shape index (κ1) is 26.1. The van der Waals surface area contributed by atoms with Gasteiger partial charge in [0.1, 0.15) is 10.7 Å². The highest BCUT2D eigenvalue weighted by Gasteiger charge is 2.59. The minimum Gasteiger partial charge on any atom is -0.383 e. The number of phosphoric acid groups is 3. The lowest BCUT2D eigenvalue weighted by molar-refractivity contribution is -0.136. The fraction of sp³-hybridized carbons (Fsp3) is 0.400. The number of nitrogens with one attached hydrogen (secondary N) is 1. The number of aromatic nitrogens is 2. The van der Waals surface area contributed by atoms with Crippen molar-refractivity contribution in [2.24, 2.45) is 0 Å². The molecule has 1 fully saturated rings. The molecule has 3 unspecified atom stereocenters. The molecule has 0 saturated carbocycles. The van der Waals surface area contributed by atoms with Crippen LogP contribution in [0, 0.1) is 22.8 Å². The number of ether oxygens (including phenoxy) is 1. The highest BCUT2D eigenvalue weighted by molar-refractivity contribution is 7.71. The van der Waals surface area contributed by atoms with Crippen LogP contribution >= 0.6 is 35.7 Å². The molecule has 2 heterocycles. The van der Waals surface area contributed by atoms with E-state index in [4.69, 9.17) is 25.8 Å². The van der Waals surface area contributed by atoms with Crippen molar-refractivity contribution in [2.45, 2.75) is 24.2 Å². The molecule has 6 atom stereocenters. The van der Waals surface area contributed by atoms with Gasteiger partial charge in [0.05, 0.1) is 6.20 Å². The summed E-state index contributed by atoms with van der Waals surface area (Å²) in [4.78, 5) is 49.5. The van der Waals surface area contributed by atoms with E-state index >= 15 is 0 Å². The van der Waals surface area contributed by atoms with Gasteiger partial charge in [-0.3, -0.25) is 14.1 Å². The summed E-state index contributed by atoms with van der Waals surface area (Å²) >= 11 is 4.50. The minimum atomic E-state index is -5.91. The second-order valence-corrected chi connectivity index (χ2v) is 10.4. The van der Waals surface area contributed by atoms with Gasteiger partial charge in [-0.2, -0.15) is 8.62 Å². The third kappa shape index (κ3) is 6.02. The fourth-order valence-electron chi connectivity index (χ4n) is 2.24. The number of nitrogens with zero attached hydrogens (tertiary/aromatic N) is 1. The van der Waals surface area contributed by atoms with Gasteiger partial charge in [-0.25, -0.2) is 22.9 Å². The second kappa shape index (κ2) is 8.67. The quantitative estimate of drug-likeness (QED) is 0.127. The lowest BCUT2D eigenvalue weighted by Crippen LogP contribution is -2.47. The van der Waals surface area contributed by atoms with Crippen LogP contribution in [0.25, 0.3) is 0 Å². The first-order chi connectivity index (χ1) is 13.9. The van der Waals surface area contributed by atoms with Crippen molar-refractivity contribution in [3.63, 3.8) is 0 Å². The monoisotopic (exact) mass is 528 g/mol. The second-order valence-electron chi connectivity index (χ2n) is 5.61. The summed E-state index contributed by atoms with van der Waals surface area (Å²) in [6.07, 6.45) is -1.53. The molecular formula is C10H12FN2O14P3S. The molecule has 0 aromatic carbocycles. The van der Waals surface area contributed by atoms with Crippen molar-refractivity contribution in [3.8, 4) is 12.3 Å². The number of phosphoric ester groups is 1. The van der Waals surface area contributed by atoms with Gasteiger partial charge in [-0.05, 0) is 0 Å². The Morgan fingerprint density at radius 3 is 2.35 bits per heavy atom. The van der Waals surface area contributed by atoms with Crippen LogP contribution < -0.4 is 5.69 Å². The molecule has 1 aliphatic heterocycles. The molecule has 2 rings (SSSR count). The average Bonchev–Trinajstić information content (AvgIpc) is 2.79. The molecule has 0 spiro atoms. The number of rotatable bonds is 7. The van der Waals surface area contributed by atoms with Crippen LogP contribution in [0.1, 0.15) is 6.23 Å². The maximum atomic E-state index is 13.7. The van der Waals surface area contributed by atoms with Crippen molar-refractivity contribution in [1.29, 1.82) is 0 Å². The van der Waals surface area contributed by atoms with Gasteiger partial charge in [-0.1, -0.05) is 18.1 Å². The Balaban J connectivity index is 2.35. The Hall–Kier alpha value is -1.12. The number of halogens is 1. The Morgan fingerprint density at radius 1 is 1.26 bits per heavy atom. The number of aliphatic hydroxyl groups is 2. The molecule has 174 valence electrons. The van der Waals surface area contributed by atoms with E-state index in [1.54, 1.807) is 5.92 Å². The Bertz CT molecular complexity index is 1170. The summed E-state index contributed by atoms with van der Waals surface area (Å²) in [5, 5.41) is 20.6. The van der Waals surface area contributed by atoms with Crippen LogP contribution in [-0.2, 0) is 31.6 Å². The van der Waals surface area contributed by atoms with Crippen LogP contribution in [0.4, 0.5) is 4.39 Å². The van der Waals surface area contributed by atoms with Crippen LogP contribution in [-0.4, -0.2) is 57.3 Å². The predicted molar refractivity (Wildman–Crippen MR) is 94.5 cm³/mol. The van der Waals surface area contributed by atoms with E-state index in [0.29, 0.717) is 6.20 Å². The molecular weight excluding hydrogens is 516 g/mol. The van der Waals surface area contributed by atoms with Crippen LogP contribution in [0.3, 0.4) is 0 Å². The first-order valence-electron chi connectivity index (χ1n) is 7.27. The van der Waals surface area contributed by atoms with Gasteiger partial charge in [0.2, 0.25) is 11.9 Å². The zero-order chi connectivity index (χ0) is 24.0. The molecule has 0 aliphatic carbocycles. The summed E-state index contributed by atoms with van der Waals surface area (Å²) in [6.45, 7) is 0. The molecule has 1 aromatic heterocycles. The third-order valence-electron chi connectivity index (χ3n) is 3.41. The van der Waals surface area contributed by atoms with Crippen molar-refractivity contribution in [2.75, 3.05) is 0 Å². The Labute approximate surface area is 175 Å². The highest BCUT2D eigenvalue weighted by atomic mass is 32.1. The van der Waals surface area contributed by atoms with Gasteiger partial charge in [0.25, 0.3) is 0 Å². The van der Waals surface area contributed by atoms with E-state index < -0.39 is 63.8 Å². The van der Waals surface area contributed by atoms with Crippen LogP contribution in [0.5, 0.6) is 0 Å². The van der Waals surface area contributed by atoms with E-state index in [-0.39, 0.29) is 4.57 Å². The lowest BCUT2D eigenvalue weighted by Gasteiger charge is -2.26. The molecule has 1 saturated heterocycles. The van der Waals surface area contributed by atoms with E-state index in [9.17, 15) is 38.0 Å². The molecule has 21 heteroatoms. The number of aliphatic hydroxyl groups excluding tert-OH is 1. The van der Waals surface area contributed by atoms with E-state index in [2.05, 4.69) is 25.4 Å². The average molecular weight is 528 g/mol. The van der Waals surface area contributed by atoms with Crippen LogP contribution in [0.2, 0.25) is 0 Å². The molecule has 1 aliphatic rings. The fourth-order valence-corrected chi connectivity index (χ4v) is 5.47. The third-order valence-corrected chi connectivity index (χ3v) is 7.51. The summed E-state index contributed by atoms with van der Waals surface area (Å²) in [5.74, 6) is 0.438. The van der Waals surface area contributed by atoms with E-state index in [1.807, 2.05) is 4.98 Å². The summed E-state index contributed by atoms with van der Waals surface area (Å²) < 4.78 is 63.4. The molecule has 0 radical (unpaired) electrons. The SMILES string of the molecule is C#CC1(O)[C@@H](O)[C@@H](OP(=O)(O)OP(=O)(O)OP(=O)(O)O)O[C@H]1n1cc(F)c(=S)[nH]c1=O. The summed E-state index contributed by atoms with van der Waals surface area (Å²) in [5.41, 5.74) is -4.10. The molecule has 1 aromatic rings. The van der Waals surface area contributed by atoms with Gasteiger partial charge >= 0.3 is 29.2 Å². The predicted octanol–water partition coefficient (Wildman–Crippen LogP) is -1.03. The zero-order valence-corrected chi connectivity index (χ0v) is 17.9. The van der Waals surface area contributed by atoms with Crippen molar-refractivity contribution < 1.29 is 65.8 Å². The summed E-state index contributed by atoms with van der Waals surface area (Å²) in [7, 11) is -17.4. The smallest absolute Gasteiger partial charge is 0.383 e. The Kier molecular flexibility index (Phi) is 7.31. The molecule has 7 N–H and O–H groups in total. The van der Waals surface area contributed by atoms with Crippen molar-refractivity contribution >= 4 is 35.7 Å². The standard InChI is InChI=1S/C10H12FN2O14P3S/c1-2-10(16)5(14)7(24-8(10)13-3-4(11)6(31)12-9(13)15)25-29(20,21)27-30(22,23)26-28(17,18)19/h1,3,5,7-8,14,16H,(H,20,21)(H,22,23)(H,12,15,31)(H2,17,18,19)/t5-,7+,8+,10?/m0/s1. The summed E-state index contributed by atoms with van der Waals surface area (Å²) in [6, 6.07) is 0. The number of hydrogen-bond acceptors (Lipinski definition) is 11. The van der Waals surface area contributed by atoms with E-state index in [1.165, 1.54) is 0 Å². The maximum Gasteiger partial charge on any atom is 0.490 e. The molecule has 0 bridgehead atoms. The van der Waals surface area contributed by atoms with Gasteiger partial charge in [0.15, 0.2) is 12.0 Å². The van der Waals surface area contributed by atoms with Gasteiger partial charge < -0.3 is 34.5 Å². The normalized spacial score (nSPS) is 30.3. The Morgan fingerprint density at radius 2 is 1.84 bits per heavy atom. The number of H-pyrrole nitrogens is 1. The van der Waals surface area contributed by atoms with Gasteiger partial charge in [-0.15, -0.1) is 6.42 Å². The maximum absolute atomic E-state index is 13.7. The topological polar surface area (TPSA) is 247 Å². The first-order valence-corrected chi connectivity index (χ1v) is 12.2. The highest BCUT2D eigenvalue weighted by Crippen LogP contribution is 2.67. The number of aromatic amines is 1.